The predicted octanol–water partition coefficient (Wildman–Crippen LogP) is 2.27. The predicted molar refractivity (Wildman–Crippen MR) is 80.6 cm³/mol. The van der Waals surface area contributed by atoms with Gasteiger partial charge in [-0.25, -0.2) is 0 Å². The summed E-state index contributed by atoms with van der Waals surface area (Å²) in [7, 11) is 0. The van der Waals surface area contributed by atoms with Crippen molar-refractivity contribution in [3.05, 3.63) is 65.3 Å². The van der Waals surface area contributed by atoms with E-state index in [-0.39, 0.29) is 5.78 Å². The van der Waals surface area contributed by atoms with Gasteiger partial charge in [-0.3, -0.25) is 14.4 Å². The van der Waals surface area contributed by atoms with Crippen LogP contribution < -0.4 is 11.1 Å². The average molecular weight is 351 g/mol. The topological polar surface area (TPSA) is 82.8 Å². The van der Waals surface area contributed by atoms with Gasteiger partial charge in [0, 0.05) is 16.5 Å². The largest absolute Gasteiger partial charge is 0.316 e. The van der Waals surface area contributed by atoms with Crippen LogP contribution >= 0.6 is 27.3 Å². The van der Waals surface area contributed by atoms with Crippen molar-refractivity contribution in [3.8, 4) is 0 Å². The van der Waals surface area contributed by atoms with Gasteiger partial charge >= 0.3 is 11.1 Å². The van der Waals surface area contributed by atoms with Crippen LogP contribution in [0.3, 0.4) is 0 Å². The minimum Gasteiger partial charge on any atom is -0.316 e. The Bertz CT molecular complexity index is 938. The van der Waals surface area contributed by atoms with Crippen LogP contribution in [0.25, 0.3) is 11.0 Å². The van der Waals surface area contributed by atoms with Crippen molar-refractivity contribution >= 4 is 44.1 Å². The number of benzene rings is 1. The molecule has 1 aromatic carbocycles. The summed E-state index contributed by atoms with van der Waals surface area (Å²) < 4.78 is 0.874. The third kappa shape index (κ3) is 2.25. The molecular formula is C13H7BrN2O3S. The van der Waals surface area contributed by atoms with Gasteiger partial charge < -0.3 is 9.97 Å². The zero-order chi connectivity index (χ0) is 14.3. The molecule has 0 amide bonds. The van der Waals surface area contributed by atoms with Crippen LogP contribution in [0.5, 0.6) is 0 Å². The number of hydrogen-bond donors (Lipinski definition) is 2. The Morgan fingerprint density at radius 2 is 1.70 bits per heavy atom. The number of thiophene rings is 1. The van der Waals surface area contributed by atoms with Crippen molar-refractivity contribution < 1.29 is 4.79 Å². The van der Waals surface area contributed by atoms with Crippen LogP contribution in [0.15, 0.2) is 43.0 Å². The first-order valence-corrected chi connectivity index (χ1v) is 7.27. The second-order valence-electron chi connectivity index (χ2n) is 4.14. The molecule has 0 bridgehead atoms. The van der Waals surface area contributed by atoms with E-state index in [1.165, 1.54) is 11.3 Å². The molecule has 0 unspecified atom stereocenters. The maximum absolute atomic E-state index is 12.3. The molecule has 0 saturated carbocycles. The Hall–Kier alpha value is -1.99. The molecule has 0 fully saturated rings. The Morgan fingerprint density at radius 1 is 1.00 bits per heavy atom. The van der Waals surface area contributed by atoms with E-state index >= 15 is 0 Å². The Balaban J connectivity index is 2.13. The van der Waals surface area contributed by atoms with E-state index in [4.69, 9.17) is 0 Å². The number of halogens is 1. The summed E-state index contributed by atoms with van der Waals surface area (Å²) in [6.07, 6.45) is 0. The molecule has 0 aliphatic rings. The lowest BCUT2D eigenvalue weighted by Crippen LogP contribution is -2.28. The molecule has 2 N–H and O–H groups in total. The molecule has 0 atom stereocenters. The first-order valence-electron chi connectivity index (χ1n) is 5.60. The van der Waals surface area contributed by atoms with Crippen LogP contribution in [0.2, 0.25) is 0 Å². The summed E-state index contributed by atoms with van der Waals surface area (Å²) in [4.78, 5) is 39.7. The van der Waals surface area contributed by atoms with E-state index in [9.17, 15) is 14.4 Å². The number of H-pyrrole nitrogens is 2. The van der Waals surface area contributed by atoms with Gasteiger partial charge in [-0.05, 0) is 40.2 Å². The highest BCUT2D eigenvalue weighted by Crippen LogP contribution is 2.23. The number of nitrogens with one attached hydrogen (secondary N) is 2. The standard InChI is InChI=1S/C13H7BrN2O3S/c14-10-4-7(5-20-10)11(17)6-1-2-8-9(3-6)16-13(19)12(18)15-8/h1-5H,(H,15,18)(H,16,19). The quantitative estimate of drug-likeness (QED) is 0.549. The van der Waals surface area contributed by atoms with Crippen LogP contribution in [0, 0.1) is 0 Å². The van der Waals surface area contributed by atoms with Gasteiger partial charge in [-0.15, -0.1) is 11.3 Å². The van der Waals surface area contributed by atoms with Crippen LogP contribution in [0.1, 0.15) is 15.9 Å². The van der Waals surface area contributed by atoms with E-state index < -0.39 is 11.1 Å². The lowest BCUT2D eigenvalue weighted by atomic mass is 10.1. The highest BCUT2D eigenvalue weighted by Gasteiger charge is 2.12. The first-order chi connectivity index (χ1) is 9.54. The number of fused-ring (bicyclic) bond motifs is 1. The molecule has 100 valence electrons. The number of carbonyl (C=O) groups excluding carboxylic acids is 1. The molecule has 2 heterocycles. The van der Waals surface area contributed by atoms with Gasteiger partial charge in [0.05, 0.1) is 14.8 Å². The summed E-state index contributed by atoms with van der Waals surface area (Å²) in [6, 6.07) is 6.51. The lowest BCUT2D eigenvalue weighted by Gasteiger charge is -2.01. The highest BCUT2D eigenvalue weighted by atomic mass is 79.9. The fraction of sp³-hybridized carbons (Fsp3) is 0. The van der Waals surface area contributed by atoms with Crippen LogP contribution in [-0.2, 0) is 0 Å². The summed E-state index contributed by atoms with van der Waals surface area (Å²) in [5.41, 5.74) is 0.490. The van der Waals surface area contributed by atoms with E-state index in [0.29, 0.717) is 22.2 Å². The SMILES string of the molecule is O=C(c1csc(Br)c1)c1ccc2[nH]c(=O)c(=O)[nH]c2c1. The minimum atomic E-state index is -0.736. The van der Waals surface area contributed by atoms with Crippen molar-refractivity contribution in [1.29, 1.82) is 0 Å². The lowest BCUT2D eigenvalue weighted by molar-refractivity contribution is 0.103. The minimum absolute atomic E-state index is 0.138. The zero-order valence-corrected chi connectivity index (χ0v) is 12.3. The van der Waals surface area contributed by atoms with Gasteiger partial charge in [0.1, 0.15) is 0 Å². The molecular weight excluding hydrogens is 344 g/mol. The molecule has 7 heteroatoms. The Labute approximate surface area is 124 Å². The van der Waals surface area contributed by atoms with E-state index in [1.54, 1.807) is 29.6 Å². The molecule has 0 radical (unpaired) electrons. The average Bonchev–Trinajstić information content (AvgIpc) is 2.85. The second-order valence-corrected chi connectivity index (χ2v) is 6.43. The number of aromatic amines is 2. The van der Waals surface area contributed by atoms with E-state index in [2.05, 4.69) is 25.9 Å². The van der Waals surface area contributed by atoms with Crippen molar-refractivity contribution in [1.82, 2.24) is 9.97 Å². The molecule has 20 heavy (non-hydrogen) atoms. The molecule has 3 aromatic rings. The molecule has 2 aromatic heterocycles. The number of hydrogen-bond acceptors (Lipinski definition) is 4. The summed E-state index contributed by atoms with van der Waals surface area (Å²) >= 11 is 4.74. The van der Waals surface area contributed by atoms with Gasteiger partial charge in [0.15, 0.2) is 5.78 Å². The fourth-order valence-electron chi connectivity index (χ4n) is 1.85. The maximum Gasteiger partial charge on any atom is 0.314 e. The summed E-state index contributed by atoms with van der Waals surface area (Å²) in [6.45, 7) is 0. The van der Waals surface area contributed by atoms with Crippen molar-refractivity contribution in [3.63, 3.8) is 0 Å². The maximum atomic E-state index is 12.3. The Kier molecular flexibility index (Phi) is 3.15. The third-order valence-corrected chi connectivity index (χ3v) is 4.32. The summed E-state index contributed by atoms with van der Waals surface area (Å²) in [5.74, 6) is -0.138. The molecule has 0 aliphatic carbocycles. The van der Waals surface area contributed by atoms with Crippen LogP contribution in [-0.4, -0.2) is 15.8 Å². The smallest absolute Gasteiger partial charge is 0.314 e. The molecule has 3 rings (SSSR count). The molecule has 0 saturated heterocycles. The van der Waals surface area contributed by atoms with Gasteiger partial charge in [0.2, 0.25) is 0 Å². The van der Waals surface area contributed by atoms with E-state index in [1.807, 2.05) is 0 Å². The van der Waals surface area contributed by atoms with Gasteiger partial charge in [0.25, 0.3) is 0 Å². The highest BCUT2D eigenvalue weighted by molar-refractivity contribution is 9.11. The number of aromatic nitrogens is 2. The van der Waals surface area contributed by atoms with Crippen molar-refractivity contribution in [2.45, 2.75) is 0 Å². The zero-order valence-electron chi connectivity index (χ0n) is 9.90. The number of rotatable bonds is 2. The monoisotopic (exact) mass is 350 g/mol. The molecule has 0 aliphatic heterocycles. The summed E-state index contributed by atoms with van der Waals surface area (Å²) in [5, 5.41) is 1.76. The number of carbonyl (C=O) groups is 1. The second kappa shape index (κ2) is 4.84. The Morgan fingerprint density at radius 3 is 2.35 bits per heavy atom. The fourth-order valence-corrected chi connectivity index (χ4v) is 2.99. The molecule has 5 nitrogen and oxygen atoms in total. The normalized spacial score (nSPS) is 10.8. The first kappa shape index (κ1) is 13.0. The van der Waals surface area contributed by atoms with Gasteiger partial charge in [-0.2, -0.15) is 0 Å². The van der Waals surface area contributed by atoms with Crippen LogP contribution in [0.4, 0.5) is 0 Å². The third-order valence-electron chi connectivity index (χ3n) is 2.81. The molecule has 0 spiro atoms. The van der Waals surface area contributed by atoms with E-state index in [0.717, 1.165) is 3.79 Å². The van der Waals surface area contributed by atoms with Gasteiger partial charge in [-0.1, -0.05) is 0 Å². The van der Waals surface area contributed by atoms with Crippen molar-refractivity contribution in [2.24, 2.45) is 0 Å². The van der Waals surface area contributed by atoms with Crippen molar-refractivity contribution in [2.75, 3.05) is 0 Å². The number of ketones is 1.